The van der Waals surface area contributed by atoms with Crippen molar-refractivity contribution >= 4 is 11.6 Å². The third kappa shape index (κ3) is 3.99. The van der Waals surface area contributed by atoms with Crippen molar-refractivity contribution in [1.29, 1.82) is 0 Å². The molecule has 112 valence electrons. The van der Waals surface area contributed by atoms with Gasteiger partial charge in [0.05, 0.1) is 11.7 Å². The second kappa shape index (κ2) is 6.18. The van der Waals surface area contributed by atoms with Crippen molar-refractivity contribution in [2.75, 3.05) is 7.11 Å². The molecule has 1 aliphatic rings. The van der Waals surface area contributed by atoms with E-state index < -0.39 is 11.7 Å². The molecule has 0 spiro atoms. The predicted octanol–water partition coefficient (Wildman–Crippen LogP) is 4.09. The standard InChI is InChI=1S/C13H15ClF3NO2/c1-19-9-3-2-4-10(7-9)20-12-6-8(13(15,16)17)5-11(14)18-12/h5-6,9-10H,2-4,7H2,1H3. The SMILES string of the molecule is COC1CCCC(Oc2cc(C(F)(F)F)cc(Cl)n2)C1. The number of halogens is 4. The zero-order valence-electron chi connectivity index (χ0n) is 10.9. The number of hydrogen-bond donors (Lipinski definition) is 0. The number of hydrogen-bond acceptors (Lipinski definition) is 3. The summed E-state index contributed by atoms with van der Waals surface area (Å²) < 4.78 is 48.8. The number of aromatic nitrogens is 1. The lowest BCUT2D eigenvalue weighted by Crippen LogP contribution is -2.29. The summed E-state index contributed by atoms with van der Waals surface area (Å²) in [5.74, 6) is -0.0911. The van der Waals surface area contributed by atoms with Gasteiger partial charge in [0.15, 0.2) is 0 Å². The molecular formula is C13H15ClF3NO2. The summed E-state index contributed by atoms with van der Waals surface area (Å²) in [6, 6.07) is 1.66. The van der Waals surface area contributed by atoms with Crippen LogP contribution in [-0.4, -0.2) is 24.3 Å². The fourth-order valence-electron chi connectivity index (χ4n) is 2.29. The molecule has 0 saturated heterocycles. The Hall–Kier alpha value is -1.01. The lowest BCUT2D eigenvalue weighted by Gasteiger charge is -2.28. The van der Waals surface area contributed by atoms with E-state index in [0.717, 1.165) is 31.4 Å². The van der Waals surface area contributed by atoms with Gasteiger partial charge in [-0.1, -0.05) is 11.6 Å². The van der Waals surface area contributed by atoms with Gasteiger partial charge in [0.2, 0.25) is 5.88 Å². The maximum atomic E-state index is 12.7. The van der Waals surface area contributed by atoms with Crippen molar-refractivity contribution in [3.8, 4) is 5.88 Å². The Morgan fingerprint density at radius 2 is 1.95 bits per heavy atom. The number of nitrogens with zero attached hydrogens (tertiary/aromatic N) is 1. The van der Waals surface area contributed by atoms with Gasteiger partial charge >= 0.3 is 6.18 Å². The topological polar surface area (TPSA) is 31.4 Å². The van der Waals surface area contributed by atoms with Gasteiger partial charge in [-0.05, 0) is 25.3 Å². The minimum atomic E-state index is -4.47. The summed E-state index contributed by atoms with van der Waals surface area (Å²) in [4.78, 5) is 3.79. The van der Waals surface area contributed by atoms with Gasteiger partial charge in [-0.2, -0.15) is 13.2 Å². The highest BCUT2D eigenvalue weighted by molar-refractivity contribution is 6.29. The molecule has 2 atom stereocenters. The molecule has 2 rings (SSSR count). The molecule has 0 amide bonds. The quantitative estimate of drug-likeness (QED) is 0.788. The fourth-order valence-corrected chi connectivity index (χ4v) is 2.49. The van der Waals surface area contributed by atoms with Crippen LogP contribution in [0.5, 0.6) is 5.88 Å². The number of pyridine rings is 1. The molecule has 1 saturated carbocycles. The fraction of sp³-hybridized carbons (Fsp3) is 0.615. The molecule has 0 N–H and O–H groups in total. The van der Waals surface area contributed by atoms with Crippen molar-refractivity contribution in [1.82, 2.24) is 4.98 Å². The Kier molecular flexibility index (Phi) is 4.75. The molecule has 1 aliphatic carbocycles. The summed E-state index contributed by atoms with van der Waals surface area (Å²) >= 11 is 5.61. The lowest BCUT2D eigenvalue weighted by atomic mass is 9.95. The first-order valence-corrected chi connectivity index (χ1v) is 6.70. The van der Waals surface area contributed by atoms with E-state index in [1.807, 2.05) is 0 Å². The van der Waals surface area contributed by atoms with Gasteiger partial charge in [-0.25, -0.2) is 4.98 Å². The minimum Gasteiger partial charge on any atom is -0.474 e. The molecule has 1 aromatic heterocycles. The second-order valence-electron chi connectivity index (χ2n) is 4.78. The maximum Gasteiger partial charge on any atom is 0.416 e. The third-order valence-electron chi connectivity index (χ3n) is 3.30. The molecule has 0 aliphatic heterocycles. The first-order chi connectivity index (χ1) is 9.38. The highest BCUT2D eigenvalue weighted by atomic mass is 35.5. The third-order valence-corrected chi connectivity index (χ3v) is 3.49. The molecule has 1 fully saturated rings. The van der Waals surface area contributed by atoms with E-state index in [1.54, 1.807) is 7.11 Å². The van der Waals surface area contributed by atoms with Crippen molar-refractivity contribution in [3.05, 3.63) is 22.8 Å². The van der Waals surface area contributed by atoms with Crippen LogP contribution in [0.15, 0.2) is 12.1 Å². The van der Waals surface area contributed by atoms with E-state index in [0.29, 0.717) is 6.42 Å². The first kappa shape index (κ1) is 15.4. The van der Waals surface area contributed by atoms with Crippen LogP contribution in [0.4, 0.5) is 13.2 Å². The number of rotatable bonds is 3. The van der Waals surface area contributed by atoms with Crippen LogP contribution in [0.25, 0.3) is 0 Å². The molecule has 20 heavy (non-hydrogen) atoms. The van der Waals surface area contributed by atoms with Gasteiger partial charge in [0.1, 0.15) is 11.3 Å². The normalized spacial score (nSPS) is 23.6. The average Bonchev–Trinajstić information content (AvgIpc) is 2.37. The van der Waals surface area contributed by atoms with Crippen LogP contribution in [-0.2, 0) is 10.9 Å². The molecule has 2 unspecified atom stereocenters. The average molecular weight is 310 g/mol. The van der Waals surface area contributed by atoms with E-state index in [9.17, 15) is 13.2 Å². The highest BCUT2D eigenvalue weighted by Crippen LogP contribution is 2.33. The Balaban J connectivity index is 2.11. The summed E-state index contributed by atoms with van der Waals surface area (Å²) in [5, 5.41) is -0.228. The molecule has 0 bridgehead atoms. The Morgan fingerprint density at radius 1 is 1.25 bits per heavy atom. The molecule has 1 aromatic rings. The molecule has 7 heteroatoms. The summed E-state index contributed by atoms with van der Waals surface area (Å²) in [6.07, 6.45) is -1.31. The molecule has 0 aromatic carbocycles. The van der Waals surface area contributed by atoms with Crippen LogP contribution >= 0.6 is 11.6 Å². The highest BCUT2D eigenvalue weighted by Gasteiger charge is 2.32. The lowest BCUT2D eigenvalue weighted by molar-refractivity contribution is -0.137. The zero-order valence-corrected chi connectivity index (χ0v) is 11.7. The smallest absolute Gasteiger partial charge is 0.416 e. The molecule has 3 nitrogen and oxygen atoms in total. The van der Waals surface area contributed by atoms with Gasteiger partial charge in [-0.15, -0.1) is 0 Å². The van der Waals surface area contributed by atoms with Crippen LogP contribution in [0.3, 0.4) is 0 Å². The van der Waals surface area contributed by atoms with Crippen LogP contribution in [0.2, 0.25) is 5.15 Å². The summed E-state index contributed by atoms with van der Waals surface area (Å²) in [7, 11) is 1.62. The first-order valence-electron chi connectivity index (χ1n) is 6.32. The Labute approximate surface area is 120 Å². The molecule has 1 heterocycles. The van der Waals surface area contributed by atoms with Crippen LogP contribution in [0, 0.1) is 0 Å². The van der Waals surface area contributed by atoms with E-state index in [1.165, 1.54) is 0 Å². The van der Waals surface area contributed by atoms with Gasteiger partial charge in [0.25, 0.3) is 0 Å². The van der Waals surface area contributed by atoms with Crippen molar-refractivity contribution in [2.45, 2.75) is 44.1 Å². The van der Waals surface area contributed by atoms with Crippen LogP contribution in [0.1, 0.15) is 31.2 Å². The summed E-state index contributed by atoms with van der Waals surface area (Å²) in [6.45, 7) is 0. The summed E-state index contributed by atoms with van der Waals surface area (Å²) in [5.41, 5.74) is -0.855. The van der Waals surface area contributed by atoms with Crippen molar-refractivity contribution in [3.63, 3.8) is 0 Å². The second-order valence-corrected chi connectivity index (χ2v) is 5.17. The van der Waals surface area contributed by atoms with Crippen molar-refractivity contribution < 1.29 is 22.6 Å². The van der Waals surface area contributed by atoms with E-state index >= 15 is 0 Å². The monoisotopic (exact) mass is 309 g/mol. The van der Waals surface area contributed by atoms with Crippen LogP contribution < -0.4 is 4.74 Å². The van der Waals surface area contributed by atoms with E-state index in [2.05, 4.69) is 4.98 Å². The number of ether oxygens (including phenoxy) is 2. The van der Waals surface area contributed by atoms with E-state index in [-0.39, 0.29) is 23.2 Å². The van der Waals surface area contributed by atoms with Gasteiger partial charge in [-0.3, -0.25) is 0 Å². The largest absolute Gasteiger partial charge is 0.474 e. The van der Waals surface area contributed by atoms with Gasteiger partial charge < -0.3 is 9.47 Å². The van der Waals surface area contributed by atoms with Gasteiger partial charge in [0, 0.05) is 19.6 Å². The Morgan fingerprint density at radius 3 is 2.60 bits per heavy atom. The molecular weight excluding hydrogens is 295 g/mol. The molecule has 0 radical (unpaired) electrons. The predicted molar refractivity (Wildman–Crippen MR) is 67.9 cm³/mol. The zero-order chi connectivity index (χ0) is 14.8. The number of alkyl halides is 3. The maximum absolute atomic E-state index is 12.7. The van der Waals surface area contributed by atoms with E-state index in [4.69, 9.17) is 21.1 Å². The Bertz CT molecular complexity index is 467. The number of methoxy groups -OCH3 is 1. The minimum absolute atomic E-state index is 0.0787. The van der Waals surface area contributed by atoms with Crippen molar-refractivity contribution in [2.24, 2.45) is 0 Å².